The molecule has 0 heterocycles. The van der Waals surface area contributed by atoms with Crippen molar-refractivity contribution in [3.63, 3.8) is 0 Å². The Labute approximate surface area is 162 Å². The van der Waals surface area contributed by atoms with E-state index in [1.54, 1.807) is 0 Å². The molecule has 2 aromatic rings. The van der Waals surface area contributed by atoms with Gasteiger partial charge in [0, 0.05) is 5.69 Å². The molecule has 0 saturated carbocycles. The number of rotatable bonds is 9. The Morgan fingerprint density at radius 1 is 1.22 bits per heavy atom. The highest BCUT2D eigenvalue weighted by atomic mass is 16.5. The molecule has 0 bridgehead atoms. The predicted octanol–water partition coefficient (Wildman–Crippen LogP) is 5.84. The summed E-state index contributed by atoms with van der Waals surface area (Å²) < 4.78 is 6.28. The lowest BCUT2D eigenvalue weighted by atomic mass is 10.1. The molecule has 2 rings (SSSR count). The van der Waals surface area contributed by atoms with Crippen molar-refractivity contribution in [3.05, 3.63) is 70.6 Å². The Morgan fingerprint density at radius 2 is 2.04 bits per heavy atom. The lowest BCUT2D eigenvalue weighted by Gasteiger charge is -2.21. The van der Waals surface area contributed by atoms with E-state index in [2.05, 4.69) is 43.1 Å². The summed E-state index contributed by atoms with van der Waals surface area (Å²) in [6.45, 7) is 14.1. The highest BCUT2D eigenvalue weighted by Gasteiger charge is 2.15. The lowest BCUT2D eigenvalue weighted by Crippen LogP contribution is -2.26. The van der Waals surface area contributed by atoms with Crippen molar-refractivity contribution in [3.8, 4) is 11.8 Å². The maximum absolute atomic E-state index is 9.09. The number of hydrogen-bond acceptors (Lipinski definition) is 3. The molecule has 0 radical (unpaired) electrons. The van der Waals surface area contributed by atoms with Crippen molar-refractivity contribution < 1.29 is 4.74 Å². The summed E-state index contributed by atoms with van der Waals surface area (Å²) in [5, 5.41) is 12.5. The highest BCUT2D eigenvalue weighted by Crippen LogP contribution is 2.23. The second kappa shape index (κ2) is 10.2. The third-order valence-corrected chi connectivity index (χ3v) is 4.49. The van der Waals surface area contributed by atoms with Crippen LogP contribution in [-0.2, 0) is 0 Å². The molecule has 4 heteroatoms. The van der Waals surface area contributed by atoms with Crippen LogP contribution in [0.3, 0.4) is 0 Å². The Morgan fingerprint density at radius 3 is 2.70 bits per heavy atom. The average Bonchev–Trinajstić information content (AvgIpc) is 2.67. The molecule has 0 saturated heterocycles. The second-order valence-electron chi connectivity index (χ2n) is 6.82. The van der Waals surface area contributed by atoms with Crippen LogP contribution >= 0.6 is 0 Å². The van der Waals surface area contributed by atoms with Crippen LogP contribution in [0, 0.1) is 31.8 Å². The van der Waals surface area contributed by atoms with Crippen LogP contribution in [0.1, 0.15) is 48.9 Å². The van der Waals surface area contributed by atoms with Gasteiger partial charge in [-0.2, -0.15) is 5.26 Å². The molecular formula is C23H27N3O. The van der Waals surface area contributed by atoms with Gasteiger partial charge in [-0.3, -0.25) is 4.85 Å². The van der Waals surface area contributed by atoms with Crippen LogP contribution < -0.4 is 10.1 Å². The standard InChI is InChI=1S/C23H27N3O/c1-5-6-10-21(27-23-12-11-17(2)13-18(23)3)16-26-20-9-7-8-19(14-20)22(15-24)25-4/h7-9,11-14,21-22,26H,5-6,10,16H2,1-3H3. The summed E-state index contributed by atoms with van der Waals surface area (Å²) in [6, 6.07) is 15.0. The molecule has 0 aliphatic rings. The number of hydrogen-bond donors (Lipinski definition) is 1. The first-order chi connectivity index (χ1) is 13.1. The first-order valence-corrected chi connectivity index (χ1v) is 9.41. The average molecular weight is 361 g/mol. The summed E-state index contributed by atoms with van der Waals surface area (Å²) >= 11 is 0. The number of aryl methyl sites for hydroxylation is 2. The maximum atomic E-state index is 9.09. The van der Waals surface area contributed by atoms with Gasteiger partial charge in [0.1, 0.15) is 11.9 Å². The van der Waals surface area contributed by atoms with E-state index in [1.807, 2.05) is 36.4 Å². The zero-order valence-corrected chi connectivity index (χ0v) is 16.3. The SMILES string of the molecule is [C-]#[N+]C(C#N)c1cccc(NCC(CCCC)Oc2ccc(C)cc2C)c1. The van der Waals surface area contributed by atoms with Crippen LogP contribution in [0.5, 0.6) is 5.75 Å². The molecule has 0 fully saturated rings. The van der Waals surface area contributed by atoms with Gasteiger partial charge >= 0.3 is 6.04 Å². The van der Waals surface area contributed by atoms with Crippen molar-refractivity contribution in [1.82, 2.24) is 0 Å². The minimum Gasteiger partial charge on any atom is -0.488 e. The van der Waals surface area contributed by atoms with Gasteiger partial charge in [-0.1, -0.05) is 37.1 Å². The van der Waals surface area contributed by atoms with Gasteiger partial charge in [0.15, 0.2) is 6.07 Å². The molecule has 2 atom stereocenters. The molecule has 1 N–H and O–H groups in total. The number of benzene rings is 2. The maximum Gasteiger partial charge on any atom is 0.332 e. The van der Waals surface area contributed by atoms with Gasteiger partial charge in [-0.05, 0) is 56.5 Å². The normalized spacial score (nSPS) is 12.5. The summed E-state index contributed by atoms with van der Waals surface area (Å²) in [5.74, 6) is 0.926. The lowest BCUT2D eigenvalue weighted by molar-refractivity contribution is 0.199. The van der Waals surface area contributed by atoms with Crippen molar-refractivity contribution in [2.75, 3.05) is 11.9 Å². The fraction of sp³-hybridized carbons (Fsp3) is 0.391. The minimum atomic E-state index is -0.755. The molecule has 140 valence electrons. The monoisotopic (exact) mass is 361 g/mol. The van der Waals surface area contributed by atoms with Gasteiger partial charge in [-0.15, -0.1) is 0 Å². The molecule has 2 unspecified atom stereocenters. The van der Waals surface area contributed by atoms with Crippen molar-refractivity contribution in [1.29, 1.82) is 5.26 Å². The number of anilines is 1. The quantitative estimate of drug-likeness (QED) is 0.571. The Kier molecular flexibility index (Phi) is 7.71. The minimum absolute atomic E-state index is 0.0580. The van der Waals surface area contributed by atoms with E-state index in [0.29, 0.717) is 6.54 Å². The predicted molar refractivity (Wildman–Crippen MR) is 110 cm³/mol. The van der Waals surface area contributed by atoms with Gasteiger partial charge < -0.3 is 10.1 Å². The molecule has 27 heavy (non-hydrogen) atoms. The van der Waals surface area contributed by atoms with E-state index < -0.39 is 6.04 Å². The summed E-state index contributed by atoms with van der Waals surface area (Å²) in [5.41, 5.74) is 4.00. The van der Waals surface area contributed by atoms with E-state index in [4.69, 9.17) is 16.6 Å². The smallest absolute Gasteiger partial charge is 0.332 e. The number of nitrogens with one attached hydrogen (secondary N) is 1. The van der Waals surface area contributed by atoms with Gasteiger partial charge in [-0.25, -0.2) is 6.57 Å². The van der Waals surface area contributed by atoms with Crippen LogP contribution in [0.4, 0.5) is 5.69 Å². The zero-order chi connectivity index (χ0) is 19.6. The molecule has 2 aromatic carbocycles. The molecular weight excluding hydrogens is 334 g/mol. The fourth-order valence-electron chi connectivity index (χ4n) is 2.97. The van der Waals surface area contributed by atoms with Gasteiger partial charge in [0.25, 0.3) is 0 Å². The van der Waals surface area contributed by atoms with Crippen LogP contribution in [0.25, 0.3) is 4.85 Å². The molecule has 0 aromatic heterocycles. The topological polar surface area (TPSA) is 49.4 Å². The van der Waals surface area contributed by atoms with Crippen LogP contribution in [0.15, 0.2) is 42.5 Å². The molecule has 0 spiro atoms. The molecule has 4 nitrogen and oxygen atoms in total. The van der Waals surface area contributed by atoms with Gasteiger partial charge in [0.05, 0.1) is 12.1 Å². The van der Waals surface area contributed by atoms with Crippen molar-refractivity contribution in [2.45, 2.75) is 52.2 Å². The number of nitrogens with zero attached hydrogens (tertiary/aromatic N) is 2. The number of nitriles is 1. The van der Waals surface area contributed by atoms with E-state index in [9.17, 15) is 0 Å². The molecule has 0 aliphatic carbocycles. The Balaban J connectivity index is 2.07. The Bertz CT molecular complexity index is 818. The zero-order valence-electron chi connectivity index (χ0n) is 16.3. The molecule has 0 aliphatic heterocycles. The van der Waals surface area contributed by atoms with E-state index in [-0.39, 0.29) is 6.10 Å². The van der Waals surface area contributed by atoms with E-state index in [1.165, 1.54) is 5.56 Å². The Hall–Kier alpha value is -2.98. The van der Waals surface area contributed by atoms with Crippen molar-refractivity contribution >= 4 is 5.69 Å². The summed E-state index contributed by atoms with van der Waals surface area (Å²) in [4.78, 5) is 3.36. The largest absolute Gasteiger partial charge is 0.488 e. The summed E-state index contributed by atoms with van der Waals surface area (Å²) in [7, 11) is 0. The third kappa shape index (κ3) is 6.04. The van der Waals surface area contributed by atoms with E-state index in [0.717, 1.165) is 41.8 Å². The highest BCUT2D eigenvalue weighted by molar-refractivity contribution is 5.48. The van der Waals surface area contributed by atoms with E-state index >= 15 is 0 Å². The number of ether oxygens (including phenoxy) is 1. The number of unbranched alkanes of at least 4 members (excludes halogenated alkanes) is 1. The third-order valence-electron chi connectivity index (χ3n) is 4.49. The molecule has 0 amide bonds. The first kappa shape index (κ1) is 20.3. The van der Waals surface area contributed by atoms with Crippen LogP contribution in [-0.4, -0.2) is 12.6 Å². The van der Waals surface area contributed by atoms with Crippen molar-refractivity contribution in [2.24, 2.45) is 0 Å². The fourth-order valence-corrected chi connectivity index (χ4v) is 2.97. The second-order valence-corrected chi connectivity index (χ2v) is 6.82. The first-order valence-electron chi connectivity index (χ1n) is 9.41. The summed E-state index contributed by atoms with van der Waals surface area (Å²) in [6.07, 6.45) is 3.25. The van der Waals surface area contributed by atoms with Gasteiger partial charge in [0.2, 0.25) is 0 Å². The van der Waals surface area contributed by atoms with Crippen LogP contribution in [0.2, 0.25) is 0 Å².